The number of aliphatic carboxylic acids is 1. The van der Waals surface area contributed by atoms with Gasteiger partial charge in [-0.2, -0.15) is 0 Å². The summed E-state index contributed by atoms with van der Waals surface area (Å²) >= 11 is 6.13. The van der Waals surface area contributed by atoms with Gasteiger partial charge in [-0.25, -0.2) is 0 Å². The standard InChI is InChI=1S/C16H18ClNO3/c1-10(2)15(16(19)20)18-9-11-7-8-14(21-11)12-5-3-4-6-13(12)17/h3-8,10,15,18H,9H2,1-2H3,(H,19,20)/t15-/m0/s1. The van der Waals surface area contributed by atoms with Gasteiger partial charge in [0.05, 0.1) is 11.6 Å². The summed E-state index contributed by atoms with van der Waals surface area (Å²) in [6.07, 6.45) is 0. The molecule has 21 heavy (non-hydrogen) atoms. The lowest BCUT2D eigenvalue weighted by atomic mass is 10.1. The number of carbonyl (C=O) groups is 1. The van der Waals surface area contributed by atoms with Crippen molar-refractivity contribution >= 4 is 17.6 Å². The number of carboxylic acids is 1. The fourth-order valence-electron chi connectivity index (χ4n) is 2.10. The van der Waals surface area contributed by atoms with Crippen molar-refractivity contribution in [1.29, 1.82) is 0 Å². The van der Waals surface area contributed by atoms with Crippen LogP contribution in [0.15, 0.2) is 40.8 Å². The zero-order valence-corrected chi connectivity index (χ0v) is 12.7. The summed E-state index contributed by atoms with van der Waals surface area (Å²) in [5.74, 6) is 0.494. The van der Waals surface area contributed by atoms with Gasteiger partial charge < -0.3 is 9.52 Å². The van der Waals surface area contributed by atoms with Crippen LogP contribution in [0, 0.1) is 5.92 Å². The van der Waals surface area contributed by atoms with E-state index in [0.29, 0.717) is 23.1 Å². The second kappa shape index (κ2) is 6.78. The molecular weight excluding hydrogens is 290 g/mol. The van der Waals surface area contributed by atoms with Crippen LogP contribution in [0.25, 0.3) is 11.3 Å². The molecule has 112 valence electrons. The fourth-order valence-corrected chi connectivity index (χ4v) is 2.33. The van der Waals surface area contributed by atoms with Gasteiger partial charge in [-0.05, 0) is 30.2 Å². The molecule has 0 fully saturated rings. The van der Waals surface area contributed by atoms with E-state index < -0.39 is 12.0 Å². The number of rotatable bonds is 6. The normalized spacial score (nSPS) is 12.6. The van der Waals surface area contributed by atoms with Gasteiger partial charge in [0.15, 0.2) is 0 Å². The van der Waals surface area contributed by atoms with Crippen molar-refractivity contribution in [3.8, 4) is 11.3 Å². The van der Waals surface area contributed by atoms with Crippen LogP contribution in [-0.4, -0.2) is 17.1 Å². The van der Waals surface area contributed by atoms with E-state index in [0.717, 1.165) is 5.56 Å². The van der Waals surface area contributed by atoms with E-state index in [9.17, 15) is 4.79 Å². The second-order valence-corrected chi connectivity index (χ2v) is 5.59. The van der Waals surface area contributed by atoms with Crippen molar-refractivity contribution in [3.05, 3.63) is 47.2 Å². The van der Waals surface area contributed by atoms with Crippen molar-refractivity contribution in [2.45, 2.75) is 26.4 Å². The van der Waals surface area contributed by atoms with Crippen LogP contribution >= 0.6 is 11.6 Å². The molecule has 0 unspecified atom stereocenters. The molecule has 0 aliphatic heterocycles. The molecule has 0 saturated heterocycles. The first-order valence-corrected chi connectivity index (χ1v) is 7.16. The Labute approximate surface area is 128 Å². The zero-order chi connectivity index (χ0) is 15.4. The average molecular weight is 308 g/mol. The number of hydrogen-bond acceptors (Lipinski definition) is 3. The van der Waals surface area contributed by atoms with Crippen molar-refractivity contribution < 1.29 is 14.3 Å². The molecule has 1 heterocycles. The number of furan rings is 1. The molecule has 0 spiro atoms. The van der Waals surface area contributed by atoms with Crippen LogP contribution in [0.5, 0.6) is 0 Å². The Balaban J connectivity index is 2.07. The molecule has 1 atom stereocenters. The predicted octanol–water partition coefficient (Wildman–Crippen LogP) is 3.80. The summed E-state index contributed by atoms with van der Waals surface area (Å²) in [5.41, 5.74) is 0.823. The van der Waals surface area contributed by atoms with Gasteiger partial charge in [0.2, 0.25) is 0 Å². The zero-order valence-electron chi connectivity index (χ0n) is 12.0. The van der Waals surface area contributed by atoms with E-state index in [4.69, 9.17) is 21.1 Å². The summed E-state index contributed by atoms with van der Waals surface area (Å²) in [6, 6.07) is 10.5. The van der Waals surface area contributed by atoms with E-state index in [1.54, 1.807) is 6.07 Å². The van der Waals surface area contributed by atoms with Gasteiger partial charge in [-0.15, -0.1) is 0 Å². The minimum Gasteiger partial charge on any atom is -0.480 e. The number of carboxylic acid groups (broad SMARTS) is 1. The molecule has 1 aromatic carbocycles. The first-order valence-electron chi connectivity index (χ1n) is 6.79. The minimum absolute atomic E-state index is 0.000463. The lowest BCUT2D eigenvalue weighted by molar-refractivity contribution is -0.140. The van der Waals surface area contributed by atoms with Crippen molar-refractivity contribution in [1.82, 2.24) is 5.32 Å². The van der Waals surface area contributed by atoms with Crippen LogP contribution in [-0.2, 0) is 11.3 Å². The van der Waals surface area contributed by atoms with Crippen LogP contribution in [0.4, 0.5) is 0 Å². The topological polar surface area (TPSA) is 62.5 Å². The Bertz CT molecular complexity index is 621. The van der Waals surface area contributed by atoms with Crippen LogP contribution < -0.4 is 5.32 Å². The highest BCUT2D eigenvalue weighted by Crippen LogP contribution is 2.29. The van der Waals surface area contributed by atoms with E-state index in [1.807, 2.05) is 44.2 Å². The van der Waals surface area contributed by atoms with Gasteiger partial charge in [0, 0.05) is 5.56 Å². The lowest BCUT2D eigenvalue weighted by Crippen LogP contribution is -2.40. The molecule has 2 rings (SSSR count). The Morgan fingerprint density at radius 2 is 2.00 bits per heavy atom. The SMILES string of the molecule is CC(C)[C@H](NCc1ccc(-c2ccccc2Cl)o1)C(=O)O. The number of hydrogen-bond donors (Lipinski definition) is 2. The minimum atomic E-state index is -0.858. The fraction of sp³-hybridized carbons (Fsp3) is 0.312. The van der Waals surface area contributed by atoms with Gasteiger partial charge in [0.1, 0.15) is 17.6 Å². The third kappa shape index (κ3) is 3.86. The van der Waals surface area contributed by atoms with Gasteiger partial charge in [-0.1, -0.05) is 37.6 Å². The quantitative estimate of drug-likeness (QED) is 0.852. The first-order chi connectivity index (χ1) is 9.99. The van der Waals surface area contributed by atoms with Gasteiger partial charge in [0.25, 0.3) is 0 Å². The highest BCUT2D eigenvalue weighted by atomic mass is 35.5. The molecule has 4 nitrogen and oxygen atoms in total. The van der Waals surface area contributed by atoms with E-state index in [-0.39, 0.29) is 5.92 Å². The highest BCUT2D eigenvalue weighted by Gasteiger charge is 2.21. The first kappa shape index (κ1) is 15.6. The van der Waals surface area contributed by atoms with Gasteiger partial charge in [-0.3, -0.25) is 10.1 Å². The van der Waals surface area contributed by atoms with E-state index in [2.05, 4.69) is 5.32 Å². The Morgan fingerprint density at radius 1 is 1.29 bits per heavy atom. The molecule has 5 heteroatoms. The Morgan fingerprint density at radius 3 is 2.62 bits per heavy atom. The maximum atomic E-state index is 11.1. The average Bonchev–Trinajstić information content (AvgIpc) is 2.87. The largest absolute Gasteiger partial charge is 0.480 e. The third-order valence-corrected chi connectivity index (χ3v) is 3.56. The van der Waals surface area contributed by atoms with Crippen LogP contribution in [0.1, 0.15) is 19.6 Å². The smallest absolute Gasteiger partial charge is 0.320 e. The molecule has 0 aliphatic carbocycles. The molecule has 2 aromatic rings. The molecule has 0 radical (unpaired) electrons. The summed E-state index contributed by atoms with van der Waals surface area (Å²) in [6.45, 7) is 4.09. The molecule has 2 N–H and O–H groups in total. The number of benzene rings is 1. The number of halogens is 1. The predicted molar refractivity (Wildman–Crippen MR) is 82.3 cm³/mol. The summed E-state index contributed by atoms with van der Waals surface area (Å²) < 4.78 is 5.72. The van der Waals surface area contributed by atoms with Crippen molar-refractivity contribution in [2.24, 2.45) is 5.92 Å². The molecule has 0 bridgehead atoms. The Hall–Kier alpha value is -1.78. The molecular formula is C16H18ClNO3. The monoisotopic (exact) mass is 307 g/mol. The molecule has 1 aromatic heterocycles. The molecule has 0 saturated carbocycles. The van der Waals surface area contributed by atoms with Gasteiger partial charge >= 0.3 is 5.97 Å². The Kier molecular flexibility index (Phi) is 5.04. The van der Waals surface area contributed by atoms with Crippen LogP contribution in [0.3, 0.4) is 0 Å². The maximum Gasteiger partial charge on any atom is 0.320 e. The summed E-state index contributed by atoms with van der Waals surface area (Å²) in [7, 11) is 0. The lowest BCUT2D eigenvalue weighted by Gasteiger charge is -2.16. The maximum absolute atomic E-state index is 11.1. The van der Waals surface area contributed by atoms with Crippen LogP contribution in [0.2, 0.25) is 5.02 Å². The number of nitrogens with one attached hydrogen (secondary N) is 1. The third-order valence-electron chi connectivity index (χ3n) is 3.23. The van der Waals surface area contributed by atoms with E-state index in [1.165, 1.54) is 0 Å². The van der Waals surface area contributed by atoms with Crippen molar-refractivity contribution in [3.63, 3.8) is 0 Å². The summed E-state index contributed by atoms with van der Waals surface area (Å²) in [4.78, 5) is 11.1. The van der Waals surface area contributed by atoms with E-state index >= 15 is 0 Å². The van der Waals surface area contributed by atoms with Crippen molar-refractivity contribution in [2.75, 3.05) is 0 Å². The molecule has 0 amide bonds. The summed E-state index contributed by atoms with van der Waals surface area (Å²) in [5, 5.41) is 12.7. The highest BCUT2D eigenvalue weighted by molar-refractivity contribution is 6.33. The second-order valence-electron chi connectivity index (χ2n) is 5.19. The molecule has 0 aliphatic rings.